The molecule has 0 bridgehead atoms. The molecular weight excluding hydrogens is 322 g/mol. The van der Waals surface area contributed by atoms with Crippen molar-refractivity contribution in [3.05, 3.63) is 59.4 Å². The first-order chi connectivity index (χ1) is 11.8. The molecule has 1 aromatic carbocycles. The fourth-order valence-electron chi connectivity index (χ4n) is 2.35. The molecule has 4 rings (SSSR count). The number of pyridine rings is 1. The van der Waals surface area contributed by atoms with Gasteiger partial charge >= 0.3 is 0 Å². The van der Waals surface area contributed by atoms with Crippen LogP contribution in [0.2, 0.25) is 0 Å². The lowest BCUT2D eigenvalue weighted by molar-refractivity contribution is 0.174. The van der Waals surface area contributed by atoms with E-state index in [-0.39, 0.29) is 6.79 Å². The van der Waals surface area contributed by atoms with Crippen molar-refractivity contribution in [3.8, 4) is 28.1 Å². The zero-order valence-electron chi connectivity index (χ0n) is 12.5. The van der Waals surface area contributed by atoms with Crippen LogP contribution in [-0.2, 0) is 0 Å². The first-order valence-electron chi connectivity index (χ1n) is 7.22. The Hall–Kier alpha value is -3.17. The Labute approximate surface area is 142 Å². The van der Waals surface area contributed by atoms with E-state index in [1.54, 1.807) is 18.3 Å². The van der Waals surface area contributed by atoms with Crippen molar-refractivity contribution in [3.63, 3.8) is 0 Å². The lowest BCUT2D eigenvalue weighted by Gasteiger charge is -1.99. The highest BCUT2D eigenvalue weighted by Crippen LogP contribution is 2.36. The van der Waals surface area contributed by atoms with Gasteiger partial charge in [0.15, 0.2) is 11.5 Å². The highest BCUT2D eigenvalue weighted by molar-refractivity contribution is 7.13. The summed E-state index contributed by atoms with van der Waals surface area (Å²) >= 11 is 1.51. The van der Waals surface area contributed by atoms with Gasteiger partial charge in [0.05, 0.1) is 17.0 Å². The van der Waals surface area contributed by atoms with Crippen LogP contribution in [0.4, 0.5) is 0 Å². The van der Waals surface area contributed by atoms with Gasteiger partial charge < -0.3 is 9.47 Å². The molecule has 0 unspecified atom stereocenters. The number of rotatable bonds is 3. The molecule has 116 valence electrons. The number of hydrogen-bond donors (Lipinski definition) is 0. The number of nitriles is 1. The minimum Gasteiger partial charge on any atom is -0.454 e. The second-order valence-electron chi connectivity index (χ2n) is 5.03. The maximum Gasteiger partial charge on any atom is 0.231 e. The van der Waals surface area contributed by atoms with Gasteiger partial charge in [0.2, 0.25) is 6.79 Å². The number of allylic oxidation sites excluding steroid dienone is 1. The summed E-state index contributed by atoms with van der Waals surface area (Å²) in [7, 11) is 0. The average Bonchev–Trinajstić information content (AvgIpc) is 3.29. The lowest BCUT2D eigenvalue weighted by Crippen LogP contribution is -1.92. The molecule has 0 fully saturated rings. The maximum atomic E-state index is 9.36. The van der Waals surface area contributed by atoms with Crippen molar-refractivity contribution in [2.45, 2.75) is 0 Å². The van der Waals surface area contributed by atoms with E-state index in [0.717, 1.165) is 27.8 Å². The number of hydrogen-bond acceptors (Lipinski definition) is 6. The highest BCUT2D eigenvalue weighted by Gasteiger charge is 2.15. The van der Waals surface area contributed by atoms with Crippen LogP contribution in [0.5, 0.6) is 11.5 Å². The number of thiazole rings is 1. The molecule has 0 aliphatic carbocycles. The number of benzene rings is 1. The van der Waals surface area contributed by atoms with Gasteiger partial charge in [-0.25, -0.2) is 4.98 Å². The molecule has 0 N–H and O–H groups in total. The van der Waals surface area contributed by atoms with Crippen molar-refractivity contribution in [1.82, 2.24) is 9.97 Å². The second kappa shape index (κ2) is 6.14. The summed E-state index contributed by atoms with van der Waals surface area (Å²) < 4.78 is 10.7. The van der Waals surface area contributed by atoms with Crippen LogP contribution in [0.1, 0.15) is 11.4 Å². The van der Waals surface area contributed by atoms with Gasteiger partial charge in [0.25, 0.3) is 0 Å². The minimum absolute atomic E-state index is 0.250. The highest BCUT2D eigenvalue weighted by atomic mass is 32.1. The Kier molecular flexibility index (Phi) is 3.69. The molecule has 0 radical (unpaired) electrons. The molecule has 3 aromatic rings. The van der Waals surface area contributed by atoms with E-state index in [9.17, 15) is 5.26 Å². The SMILES string of the molecule is N#C/C(=C\c1csc(-c2ccc3c(c2)OCO3)n1)c1ccccn1. The molecule has 0 saturated heterocycles. The predicted octanol–water partition coefficient (Wildman–Crippen LogP) is 4.00. The van der Waals surface area contributed by atoms with Gasteiger partial charge in [-0.3, -0.25) is 4.98 Å². The topological polar surface area (TPSA) is 68.0 Å². The Bertz CT molecular complexity index is 958. The van der Waals surface area contributed by atoms with Gasteiger partial charge in [-0.15, -0.1) is 11.3 Å². The summed E-state index contributed by atoms with van der Waals surface area (Å²) in [6, 6.07) is 13.4. The van der Waals surface area contributed by atoms with Crippen molar-refractivity contribution in [1.29, 1.82) is 5.26 Å². The van der Waals surface area contributed by atoms with Gasteiger partial charge in [-0.05, 0) is 36.4 Å². The van der Waals surface area contributed by atoms with E-state index in [1.165, 1.54) is 11.3 Å². The molecule has 0 amide bonds. The third-order valence-electron chi connectivity index (χ3n) is 3.49. The Morgan fingerprint density at radius 1 is 1.21 bits per heavy atom. The number of fused-ring (bicyclic) bond motifs is 1. The predicted molar refractivity (Wildman–Crippen MR) is 91.4 cm³/mol. The molecule has 2 aromatic heterocycles. The third kappa shape index (κ3) is 2.73. The Morgan fingerprint density at radius 3 is 2.96 bits per heavy atom. The van der Waals surface area contributed by atoms with Crippen molar-refractivity contribution in [2.24, 2.45) is 0 Å². The van der Waals surface area contributed by atoms with E-state index in [2.05, 4.69) is 16.0 Å². The van der Waals surface area contributed by atoms with Crippen molar-refractivity contribution < 1.29 is 9.47 Å². The average molecular weight is 333 g/mol. The Morgan fingerprint density at radius 2 is 2.12 bits per heavy atom. The van der Waals surface area contributed by atoms with E-state index in [0.29, 0.717) is 11.3 Å². The second-order valence-corrected chi connectivity index (χ2v) is 5.89. The molecule has 1 aliphatic heterocycles. The summed E-state index contributed by atoms with van der Waals surface area (Å²) in [5.74, 6) is 1.48. The maximum absolute atomic E-state index is 9.36. The molecule has 0 spiro atoms. The molecule has 0 atom stereocenters. The summed E-state index contributed by atoms with van der Waals surface area (Å²) in [6.07, 6.45) is 3.41. The zero-order chi connectivity index (χ0) is 16.4. The van der Waals surface area contributed by atoms with Crippen LogP contribution < -0.4 is 9.47 Å². The smallest absolute Gasteiger partial charge is 0.231 e. The fourth-order valence-corrected chi connectivity index (χ4v) is 3.12. The van der Waals surface area contributed by atoms with Crippen LogP contribution >= 0.6 is 11.3 Å². The molecular formula is C18H11N3O2S. The van der Waals surface area contributed by atoms with E-state index in [1.807, 2.05) is 35.7 Å². The molecule has 24 heavy (non-hydrogen) atoms. The molecule has 1 aliphatic rings. The number of nitrogens with zero attached hydrogens (tertiary/aromatic N) is 3. The first-order valence-corrected chi connectivity index (χ1v) is 8.10. The fraction of sp³-hybridized carbons (Fsp3) is 0.0556. The van der Waals surface area contributed by atoms with E-state index >= 15 is 0 Å². The van der Waals surface area contributed by atoms with Gasteiger partial charge in [0.1, 0.15) is 11.1 Å². The van der Waals surface area contributed by atoms with E-state index < -0.39 is 0 Å². The van der Waals surface area contributed by atoms with Gasteiger partial charge in [0, 0.05) is 17.1 Å². The summed E-state index contributed by atoms with van der Waals surface area (Å²) in [5, 5.41) is 12.1. The van der Waals surface area contributed by atoms with Gasteiger partial charge in [-0.1, -0.05) is 6.07 Å². The minimum atomic E-state index is 0.250. The first kappa shape index (κ1) is 14.4. The van der Waals surface area contributed by atoms with Crippen LogP contribution in [-0.4, -0.2) is 16.8 Å². The Balaban J connectivity index is 1.65. The molecule has 3 heterocycles. The monoisotopic (exact) mass is 333 g/mol. The van der Waals surface area contributed by atoms with E-state index in [4.69, 9.17) is 9.47 Å². The number of aromatic nitrogens is 2. The van der Waals surface area contributed by atoms with Crippen molar-refractivity contribution >= 4 is 23.0 Å². The standard InChI is InChI=1S/C18H11N3O2S/c19-9-13(15-3-1-2-6-20-15)7-14-10-24-18(21-14)12-4-5-16-17(8-12)23-11-22-16/h1-8,10H,11H2/b13-7+. The van der Waals surface area contributed by atoms with Crippen LogP contribution in [0.3, 0.4) is 0 Å². The third-order valence-corrected chi connectivity index (χ3v) is 4.40. The molecule has 6 heteroatoms. The van der Waals surface area contributed by atoms with Crippen molar-refractivity contribution in [2.75, 3.05) is 6.79 Å². The molecule has 5 nitrogen and oxygen atoms in total. The summed E-state index contributed by atoms with van der Waals surface area (Å²) in [5.41, 5.74) is 2.81. The summed E-state index contributed by atoms with van der Waals surface area (Å²) in [6.45, 7) is 0.250. The molecule has 0 saturated carbocycles. The summed E-state index contributed by atoms with van der Waals surface area (Å²) in [4.78, 5) is 8.79. The largest absolute Gasteiger partial charge is 0.454 e. The van der Waals surface area contributed by atoms with Gasteiger partial charge in [-0.2, -0.15) is 5.26 Å². The quantitative estimate of drug-likeness (QED) is 0.678. The van der Waals surface area contributed by atoms with Crippen LogP contribution in [0.25, 0.3) is 22.2 Å². The number of ether oxygens (including phenoxy) is 2. The van der Waals surface area contributed by atoms with Crippen LogP contribution in [0, 0.1) is 11.3 Å². The van der Waals surface area contributed by atoms with Crippen LogP contribution in [0.15, 0.2) is 48.0 Å². The zero-order valence-corrected chi connectivity index (χ0v) is 13.3. The lowest BCUT2D eigenvalue weighted by atomic mass is 10.1. The normalized spacial score (nSPS) is 12.9.